The summed E-state index contributed by atoms with van der Waals surface area (Å²) < 4.78 is 0. The van der Waals surface area contributed by atoms with Crippen molar-refractivity contribution in [2.24, 2.45) is 11.8 Å². The molecule has 2 rings (SSSR count). The van der Waals surface area contributed by atoms with Crippen molar-refractivity contribution in [3.05, 3.63) is 0 Å². The Morgan fingerprint density at radius 3 is 2.61 bits per heavy atom. The molecule has 5 nitrogen and oxygen atoms in total. The van der Waals surface area contributed by atoms with E-state index in [0.717, 1.165) is 38.8 Å². The summed E-state index contributed by atoms with van der Waals surface area (Å²) in [6, 6.07) is -0.0872. The Hall–Kier alpha value is -1.26. The van der Waals surface area contributed by atoms with Crippen molar-refractivity contribution in [1.29, 1.82) is 0 Å². The maximum atomic E-state index is 12.3. The Kier molecular flexibility index (Phi) is 4.09. The second-order valence-electron chi connectivity index (χ2n) is 5.69. The molecule has 0 bridgehead atoms. The number of rotatable bonds is 4. The molecule has 18 heavy (non-hydrogen) atoms. The predicted molar refractivity (Wildman–Crippen MR) is 67.3 cm³/mol. The van der Waals surface area contributed by atoms with Crippen molar-refractivity contribution >= 4 is 12.0 Å². The average Bonchev–Trinajstić information content (AvgIpc) is 3.10. The van der Waals surface area contributed by atoms with Crippen LogP contribution < -0.4 is 0 Å². The zero-order valence-electron chi connectivity index (χ0n) is 11.0. The minimum absolute atomic E-state index is 0.0872. The number of carbonyl (C=O) groups excluding carboxylic acids is 1. The molecular formula is C13H22N2O3. The van der Waals surface area contributed by atoms with E-state index in [0.29, 0.717) is 18.4 Å². The van der Waals surface area contributed by atoms with Gasteiger partial charge in [-0.2, -0.15) is 0 Å². The molecule has 2 amide bonds. The number of amides is 2. The number of carbonyl (C=O) groups is 2. The van der Waals surface area contributed by atoms with Crippen molar-refractivity contribution in [3.63, 3.8) is 0 Å². The van der Waals surface area contributed by atoms with Crippen molar-refractivity contribution in [1.82, 2.24) is 9.80 Å². The fourth-order valence-corrected chi connectivity index (χ4v) is 2.55. The molecule has 1 aliphatic carbocycles. The van der Waals surface area contributed by atoms with Crippen LogP contribution in [0.1, 0.15) is 32.6 Å². The topological polar surface area (TPSA) is 60.9 Å². The number of aliphatic carboxylic acids is 1. The highest BCUT2D eigenvalue weighted by atomic mass is 16.4. The highest BCUT2D eigenvalue weighted by Gasteiger charge is 2.31. The van der Waals surface area contributed by atoms with Gasteiger partial charge in [-0.25, -0.2) is 4.79 Å². The number of urea groups is 1. The lowest BCUT2D eigenvalue weighted by atomic mass is 10.0. The first-order valence-corrected chi connectivity index (χ1v) is 6.82. The summed E-state index contributed by atoms with van der Waals surface area (Å²) >= 11 is 0. The van der Waals surface area contributed by atoms with E-state index in [9.17, 15) is 9.59 Å². The molecule has 1 saturated carbocycles. The Labute approximate surface area is 108 Å². The van der Waals surface area contributed by atoms with Crippen molar-refractivity contribution in [3.8, 4) is 0 Å². The number of carboxylic acid groups (broad SMARTS) is 1. The van der Waals surface area contributed by atoms with Gasteiger partial charge in [0.15, 0.2) is 0 Å². The zero-order chi connectivity index (χ0) is 13.1. The predicted octanol–water partition coefficient (Wildman–Crippen LogP) is 1.63. The van der Waals surface area contributed by atoms with Gasteiger partial charge in [0, 0.05) is 19.6 Å². The van der Waals surface area contributed by atoms with E-state index >= 15 is 0 Å². The van der Waals surface area contributed by atoms with Crippen molar-refractivity contribution < 1.29 is 14.7 Å². The molecule has 0 aromatic rings. The standard InChI is InChI=1S/C13H22N2O3/c1-10-3-2-6-14(7-10)13(18)15(9-12(16)17)8-11-4-5-11/h10-11H,2-9H2,1H3,(H,16,17). The number of hydrogen-bond donors (Lipinski definition) is 1. The first-order chi connectivity index (χ1) is 8.56. The van der Waals surface area contributed by atoms with Gasteiger partial charge >= 0.3 is 12.0 Å². The van der Waals surface area contributed by atoms with Crippen LogP contribution in [0.2, 0.25) is 0 Å². The minimum Gasteiger partial charge on any atom is -0.480 e. The summed E-state index contributed by atoms with van der Waals surface area (Å²) in [5, 5.41) is 8.90. The third-order valence-corrected chi connectivity index (χ3v) is 3.70. The van der Waals surface area contributed by atoms with Crippen LogP contribution in [-0.4, -0.2) is 53.1 Å². The summed E-state index contributed by atoms with van der Waals surface area (Å²) in [7, 11) is 0. The van der Waals surface area contributed by atoms with Crippen molar-refractivity contribution in [2.45, 2.75) is 32.6 Å². The molecule has 1 N–H and O–H groups in total. The quantitative estimate of drug-likeness (QED) is 0.829. The van der Waals surface area contributed by atoms with Gasteiger partial charge in [0.1, 0.15) is 6.54 Å². The summed E-state index contributed by atoms with van der Waals surface area (Å²) in [5.74, 6) is 0.125. The van der Waals surface area contributed by atoms with Gasteiger partial charge < -0.3 is 14.9 Å². The van der Waals surface area contributed by atoms with E-state index in [1.165, 1.54) is 4.90 Å². The summed E-state index contributed by atoms with van der Waals surface area (Å²) in [5.41, 5.74) is 0. The SMILES string of the molecule is CC1CCCN(C(=O)N(CC(=O)O)CC2CC2)C1. The van der Waals surface area contributed by atoms with Gasteiger partial charge in [0.25, 0.3) is 0 Å². The van der Waals surface area contributed by atoms with Crippen molar-refractivity contribution in [2.75, 3.05) is 26.2 Å². The lowest BCUT2D eigenvalue weighted by molar-refractivity contribution is -0.137. The maximum Gasteiger partial charge on any atom is 0.323 e. The van der Waals surface area contributed by atoms with E-state index < -0.39 is 5.97 Å². The van der Waals surface area contributed by atoms with Gasteiger partial charge in [0.05, 0.1) is 0 Å². The molecule has 1 saturated heterocycles. The second-order valence-corrected chi connectivity index (χ2v) is 5.69. The van der Waals surface area contributed by atoms with Crippen LogP contribution in [0.25, 0.3) is 0 Å². The smallest absolute Gasteiger partial charge is 0.323 e. The molecule has 0 spiro atoms. The number of likely N-dealkylation sites (tertiary alicyclic amines) is 1. The molecule has 1 atom stereocenters. The van der Waals surface area contributed by atoms with Crippen LogP contribution in [0, 0.1) is 11.8 Å². The molecule has 5 heteroatoms. The van der Waals surface area contributed by atoms with E-state index in [4.69, 9.17) is 5.11 Å². The molecule has 0 radical (unpaired) electrons. The van der Waals surface area contributed by atoms with E-state index in [1.54, 1.807) is 0 Å². The molecule has 2 fully saturated rings. The lowest BCUT2D eigenvalue weighted by Crippen LogP contribution is -2.49. The number of nitrogens with zero attached hydrogens (tertiary/aromatic N) is 2. The lowest BCUT2D eigenvalue weighted by Gasteiger charge is -2.35. The molecule has 1 heterocycles. The van der Waals surface area contributed by atoms with Crippen LogP contribution in [-0.2, 0) is 4.79 Å². The van der Waals surface area contributed by atoms with Gasteiger partial charge in [-0.3, -0.25) is 4.79 Å². The fraction of sp³-hybridized carbons (Fsp3) is 0.846. The van der Waals surface area contributed by atoms with Crippen LogP contribution in [0.3, 0.4) is 0 Å². The minimum atomic E-state index is -0.922. The number of hydrogen-bond acceptors (Lipinski definition) is 2. The fourth-order valence-electron chi connectivity index (χ4n) is 2.55. The Bertz CT molecular complexity index is 328. The van der Waals surface area contributed by atoms with Gasteiger partial charge in [-0.05, 0) is 37.5 Å². The highest BCUT2D eigenvalue weighted by Crippen LogP contribution is 2.30. The van der Waals surface area contributed by atoms with E-state index in [2.05, 4.69) is 6.92 Å². The van der Waals surface area contributed by atoms with Gasteiger partial charge in [0.2, 0.25) is 0 Å². The third-order valence-electron chi connectivity index (χ3n) is 3.70. The Morgan fingerprint density at radius 1 is 1.33 bits per heavy atom. The Balaban J connectivity index is 1.94. The Morgan fingerprint density at radius 2 is 2.06 bits per heavy atom. The molecule has 2 aliphatic rings. The van der Waals surface area contributed by atoms with Gasteiger partial charge in [-0.15, -0.1) is 0 Å². The highest BCUT2D eigenvalue weighted by molar-refractivity contribution is 5.80. The summed E-state index contributed by atoms with van der Waals surface area (Å²) in [6.45, 7) is 4.11. The monoisotopic (exact) mass is 254 g/mol. The van der Waals surface area contributed by atoms with Crippen LogP contribution in [0.5, 0.6) is 0 Å². The third kappa shape index (κ3) is 3.62. The molecule has 0 aromatic heterocycles. The normalized spacial score (nSPS) is 23.8. The summed E-state index contributed by atoms with van der Waals surface area (Å²) in [6.07, 6.45) is 4.43. The maximum absolute atomic E-state index is 12.3. The first kappa shape index (κ1) is 13.2. The van der Waals surface area contributed by atoms with Crippen LogP contribution in [0.15, 0.2) is 0 Å². The zero-order valence-corrected chi connectivity index (χ0v) is 11.0. The molecule has 102 valence electrons. The average molecular weight is 254 g/mol. The largest absolute Gasteiger partial charge is 0.480 e. The number of piperidine rings is 1. The molecule has 0 aromatic carbocycles. The van der Waals surface area contributed by atoms with Crippen LogP contribution >= 0.6 is 0 Å². The molecular weight excluding hydrogens is 232 g/mol. The van der Waals surface area contributed by atoms with E-state index in [-0.39, 0.29) is 12.6 Å². The second kappa shape index (κ2) is 5.59. The van der Waals surface area contributed by atoms with Gasteiger partial charge in [-0.1, -0.05) is 6.92 Å². The first-order valence-electron chi connectivity index (χ1n) is 6.82. The summed E-state index contributed by atoms with van der Waals surface area (Å²) in [4.78, 5) is 26.5. The number of carboxylic acids is 1. The molecule has 1 unspecified atom stereocenters. The molecule has 1 aliphatic heterocycles. The van der Waals surface area contributed by atoms with E-state index in [1.807, 2.05) is 4.90 Å². The van der Waals surface area contributed by atoms with Crippen LogP contribution in [0.4, 0.5) is 4.79 Å².